The van der Waals surface area contributed by atoms with Gasteiger partial charge in [-0.3, -0.25) is 0 Å². The molecular formula is C33H47NO7. The summed E-state index contributed by atoms with van der Waals surface area (Å²) in [6, 6.07) is 8.85. The Labute approximate surface area is 244 Å². The number of rotatable bonds is 7. The zero-order chi connectivity index (χ0) is 29.6. The number of hydrogen-bond donors (Lipinski definition) is 2. The van der Waals surface area contributed by atoms with Crippen molar-refractivity contribution < 1.29 is 33.6 Å². The molecule has 0 aliphatic heterocycles. The van der Waals surface area contributed by atoms with E-state index < -0.39 is 29.4 Å². The largest absolute Gasteiger partial charge is 0.458 e. The average molecular weight is 570 g/mol. The lowest BCUT2D eigenvalue weighted by molar-refractivity contribution is -0.306. The molecule has 0 bridgehead atoms. The second kappa shape index (κ2) is 11.3. The average Bonchev–Trinajstić information content (AvgIpc) is 3.32. The van der Waals surface area contributed by atoms with Crippen molar-refractivity contribution in [2.24, 2.45) is 46.3 Å². The number of nitrogens with one attached hydrogen (secondary N) is 1. The van der Waals surface area contributed by atoms with Gasteiger partial charge in [-0.2, -0.15) is 0 Å². The normalized spacial score (nSPS) is 40.2. The zero-order valence-electron chi connectivity index (χ0n) is 25.3. The van der Waals surface area contributed by atoms with E-state index in [1.807, 2.05) is 6.07 Å². The Kier molecular flexibility index (Phi) is 8.31. The number of fused-ring (bicyclic) bond motifs is 5. The van der Waals surface area contributed by atoms with Gasteiger partial charge in [-0.25, -0.2) is 9.59 Å². The molecule has 8 nitrogen and oxygen atoms in total. The number of carbonyl (C=O) groups excluding carboxylic acids is 2. The number of methoxy groups -OCH3 is 2. The number of aliphatic hydroxyl groups is 1. The van der Waals surface area contributed by atoms with Crippen LogP contribution in [-0.4, -0.2) is 56.6 Å². The van der Waals surface area contributed by atoms with Crippen LogP contribution in [0.25, 0.3) is 0 Å². The van der Waals surface area contributed by atoms with E-state index in [-0.39, 0.29) is 41.8 Å². The SMILES string of the molecule is CNC(=O)OC1(O)CC(OC(=O)c2ccccc2)CC2C=C[C@H]3[C@@H]4CC[C@H](C(C)C(OC)OC)[C@@]4(C)CC[C@@H]3[C@]21C. The van der Waals surface area contributed by atoms with Crippen molar-refractivity contribution in [3.63, 3.8) is 0 Å². The summed E-state index contributed by atoms with van der Waals surface area (Å²) in [5.41, 5.74) is -0.163. The van der Waals surface area contributed by atoms with Crippen molar-refractivity contribution >= 4 is 12.1 Å². The first kappa shape index (κ1) is 30.1. The minimum absolute atomic E-state index is 0.0357. The van der Waals surface area contributed by atoms with Crippen LogP contribution in [0, 0.1) is 46.3 Å². The number of allylic oxidation sites excluding steroid dienone is 2. The molecule has 4 aliphatic carbocycles. The molecular weight excluding hydrogens is 522 g/mol. The van der Waals surface area contributed by atoms with Crippen LogP contribution < -0.4 is 5.32 Å². The summed E-state index contributed by atoms with van der Waals surface area (Å²) in [6.45, 7) is 6.75. The maximum atomic E-state index is 12.9. The van der Waals surface area contributed by atoms with Gasteiger partial charge >= 0.3 is 12.1 Å². The van der Waals surface area contributed by atoms with Crippen LogP contribution in [0.4, 0.5) is 4.79 Å². The molecule has 1 amide bonds. The van der Waals surface area contributed by atoms with Crippen LogP contribution in [0.3, 0.4) is 0 Å². The molecule has 0 aromatic heterocycles. The Hall–Kier alpha value is -2.42. The minimum Gasteiger partial charge on any atom is -0.458 e. The van der Waals surface area contributed by atoms with Crippen molar-refractivity contribution in [2.75, 3.05) is 21.3 Å². The molecule has 4 aliphatic rings. The molecule has 0 saturated heterocycles. The summed E-state index contributed by atoms with van der Waals surface area (Å²) in [5.74, 6) is -0.833. The molecule has 4 unspecified atom stereocenters. The topological polar surface area (TPSA) is 103 Å². The van der Waals surface area contributed by atoms with E-state index in [1.54, 1.807) is 38.5 Å². The third kappa shape index (κ3) is 4.90. The molecule has 1 aromatic rings. The van der Waals surface area contributed by atoms with Gasteiger partial charge in [0.15, 0.2) is 6.29 Å². The lowest BCUT2D eigenvalue weighted by atomic mass is 9.44. The highest BCUT2D eigenvalue weighted by atomic mass is 16.7. The maximum absolute atomic E-state index is 12.9. The molecule has 226 valence electrons. The van der Waals surface area contributed by atoms with Crippen LogP contribution in [0.15, 0.2) is 42.5 Å². The molecule has 8 heteroatoms. The Balaban J connectivity index is 1.45. The van der Waals surface area contributed by atoms with E-state index in [9.17, 15) is 14.7 Å². The molecule has 41 heavy (non-hydrogen) atoms. The zero-order valence-corrected chi connectivity index (χ0v) is 25.3. The van der Waals surface area contributed by atoms with Crippen molar-refractivity contribution in [3.8, 4) is 0 Å². The number of esters is 1. The Morgan fingerprint density at radius 2 is 1.73 bits per heavy atom. The van der Waals surface area contributed by atoms with Gasteiger partial charge in [-0.15, -0.1) is 0 Å². The van der Waals surface area contributed by atoms with Gasteiger partial charge < -0.3 is 29.4 Å². The van der Waals surface area contributed by atoms with Crippen molar-refractivity contribution in [1.82, 2.24) is 5.32 Å². The van der Waals surface area contributed by atoms with E-state index in [2.05, 4.69) is 38.2 Å². The second-order valence-corrected chi connectivity index (χ2v) is 13.2. The molecule has 10 atom stereocenters. The van der Waals surface area contributed by atoms with Gasteiger partial charge in [0, 0.05) is 32.6 Å². The Morgan fingerprint density at radius 1 is 1.02 bits per heavy atom. The van der Waals surface area contributed by atoms with Crippen LogP contribution in [0.1, 0.15) is 69.7 Å². The van der Waals surface area contributed by atoms with Gasteiger partial charge in [0.25, 0.3) is 0 Å². The minimum atomic E-state index is -1.80. The molecule has 3 fully saturated rings. The highest BCUT2D eigenvalue weighted by Gasteiger charge is 2.68. The van der Waals surface area contributed by atoms with E-state index in [1.165, 1.54) is 7.05 Å². The molecule has 0 spiro atoms. The number of ether oxygens (including phenoxy) is 4. The monoisotopic (exact) mass is 569 g/mol. The van der Waals surface area contributed by atoms with Crippen LogP contribution in [0.5, 0.6) is 0 Å². The number of hydrogen-bond acceptors (Lipinski definition) is 7. The van der Waals surface area contributed by atoms with E-state index >= 15 is 0 Å². The van der Waals surface area contributed by atoms with Gasteiger partial charge in [-0.1, -0.05) is 51.1 Å². The van der Waals surface area contributed by atoms with Gasteiger partial charge in [-0.05, 0) is 79.2 Å². The maximum Gasteiger partial charge on any atom is 0.409 e. The number of benzene rings is 1. The van der Waals surface area contributed by atoms with Gasteiger partial charge in [0.2, 0.25) is 5.79 Å². The van der Waals surface area contributed by atoms with Crippen molar-refractivity contribution in [2.45, 2.75) is 77.5 Å². The van der Waals surface area contributed by atoms with Crippen LogP contribution >= 0.6 is 0 Å². The van der Waals surface area contributed by atoms with Crippen molar-refractivity contribution in [3.05, 3.63) is 48.0 Å². The number of alkyl carbamates (subject to hydrolysis) is 1. The smallest absolute Gasteiger partial charge is 0.409 e. The van der Waals surface area contributed by atoms with E-state index in [0.29, 0.717) is 23.8 Å². The summed E-state index contributed by atoms with van der Waals surface area (Å²) in [7, 11) is 4.91. The molecule has 3 saturated carbocycles. The standard InChI is InChI=1S/C33H47NO7/c1-20(29(38-5)39-6)25-14-15-26-24-13-12-22-18-23(40-28(35)21-10-8-7-9-11-21)19-33(37,41-30(36)34-4)32(22,3)27(24)16-17-31(25,26)2/h7-13,20,22-27,29,37H,14-19H2,1-6H3,(H,34,36)/t20?,22?,23?,24-,25+,26-,27-,31+,32-,33?/m0/s1. The Morgan fingerprint density at radius 3 is 2.39 bits per heavy atom. The predicted molar refractivity (Wildman–Crippen MR) is 154 cm³/mol. The van der Waals surface area contributed by atoms with E-state index in [4.69, 9.17) is 18.9 Å². The van der Waals surface area contributed by atoms with Crippen LogP contribution in [0.2, 0.25) is 0 Å². The molecule has 2 N–H and O–H groups in total. The first-order chi connectivity index (χ1) is 19.5. The fraction of sp³-hybridized carbons (Fsp3) is 0.697. The molecule has 0 radical (unpaired) electrons. The lowest BCUT2D eigenvalue weighted by Crippen LogP contribution is -2.66. The first-order valence-electron chi connectivity index (χ1n) is 15.2. The molecule has 5 rings (SSSR count). The summed E-state index contributed by atoms with van der Waals surface area (Å²) >= 11 is 0. The lowest BCUT2D eigenvalue weighted by Gasteiger charge is -2.63. The third-order valence-electron chi connectivity index (χ3n) is 11.7. The van der Waals surface area contributed by atoms with Gasteiger partial charge in [0.1, 0.15) is 6.10 Å². The van der Waals surface area contributed by atoms with Crippen molar-refractivity contribution in [1.29, 1.82) is 0 Å². The fourth-order valence-corrected chi connectivity index (χ4v) is 9.56. The highest BCUT2D eigenvalue weighted by Crippen LogP contribution is 2.68. The Bertz CT molecular complexity index is 1140. The van der Waals surface area contributed by atoms with E-state index in [0.717, 1.165) is 25.7 Å². The number of carbonyl (C=O) groups is 2. The van der Waals surface area contributed by atoms with Crippen LogP contribution in [-0.2, 0) is 18.9 Å². The first-order valence-corrected chi connectivity index (χ1v) is 15.2. The second-order valence-electron chi connectivity index (χ2n) is 13.2. The summed E-state index contributed by atoms with van der Waals surface area (Å²) in [4.78, 5) is 25.6. The quantitative estimate of drug-likeness (QED) is 0.252. The predicted octanol–water partition coefficient (Wildman–Crippen LogP) is 5.56. The fourth-order valence-electron chi connectivity index (χ4n) is 9.56. The summed E-state index contributed by atoms with van der Waals surface area (Å²) in [5, 5.41) is 14.9. The molecule has 1 aromatic carbocycles. The van der Waals surface area contributed by atoms with Gasteiger partial charge in [0.05, 0.1) is 12.0 Å². The summed E-state index contributed by atoms with van der Waals surface area (Å²) < 4.78 is 23.1. The third-order valence-corrected chi connectivity index (χ3v) is 11.7. The molecule has 0 heterocycles. The highest BCUT2D eigenvalue weighted by molar-refractivity contribution is 5.89. The number of amides is 1. The summed E-state index contributed by atoms with van der Waals surface area (Å²) in [6.07, 6.45) is 7.79.